The quantitative estimate of drug-likeness (QED) is 0.620. The van der Waals surface area contributed by atoms with Crippen LogP contribution >= 0.6 is 0 Å². The highest BCUT2D eigenvalue weighted by Crippen LogP contribution is 2.12. The molecule has 3 rings (SSSR count). The molecule has 0 aromatic heterocycles. The molecule has 0 fully saturated rings. The van der Waals surface area contributed by atoms with Gasteiger partial charge in [-0.15, -0.1) is 0 Å². The predicted molar refractivity (Wildman–Crippen MR) is 56.8 cm³/mol. The van der Waals surface area contributed by atoms with E-state index in [1.807, 2.05) is 6.08 Å². The molecule has 0 atom stereocenters. The van der Waals surface area contributed by atoms with Gasteiger partial charge in [-0.05, 0) is 31.1 Å². The van der Waals surface area contributed by atoms with Crippen LogP contribution in [0.5, 0.6) is 0 Å². The van der Waals surface area contributed by atoms with Gasteiger partial charge in [-0.1, -0.05) is 6.08 Å². The summed E-state index contributed by atoms with van der Waals surface area (Å²) in [5.74, 6) is 0.563. The summed E-state index contributed by atoms with van der Waals surface area (Å²) < 4.78 is 5.62. The molecule has 1 heterocycles. The molecule has 0 aromatic rings. The van der Waals surface area contributed by atoms with Crippen LogP contribution in [0.25, 0.3) is 23.6 Å². The molecule has 0 unspecified atom stereocenters. The Morgan fingerprint density at radius 3 is 3.00 bits per heavy atom. The van der Waals surface area contributed by atoms with E-state index in [0.717, 1.165) is 29.3 Å². The number of fused-ring (bicyclic) bond motifs is 2. The number of hydrogen-bond donors (Lipinski definition) is 0. The van der Waals surface area contributed by atoms with Crippen molar-refractivity contribution in [1.82, 2.24) is 4.98 Å². The highest BCUT2D eigenvalue weighted by atomic mass is 16.3. The maximum Gasteiger partial charge on any atom is 0.182 e. The second-order valence-electron chi connectivity index (χ2n) is 3.58. The largest absolute Gasteiger partial charge is 0.453 e. The highest BCUT2D eigenvalue weighted by molar-refractivity contribution is 5.53. The van der Waals surface area contributed by atoms with Gasteiger partial charge in [0.1, 0.15) is 16.5 Å². The summed E-state index contributed by atoms with van der Waals surface area (Å²) in [6.45, 7) is 0. The molecular formula is C12H9NO2. The predicted octanol–water partition coefficient (Wildman–Crippen LogP) is 0.494. The minimum atomic E-state index is -0.0483. The van der Waals surface area contributed by atoms with Gasteiger partial charge in [-0.3, -0.25) is 4.79 Å². The molecule has 0 amide bonds. The highest BCUT2D eigenvalue weighted by Gasteiger charge is 2.07. The number of aromatic nitrogens is 1. The van der Waals surface area contributed by atoms with E-state index in [4.69, 9.17) is 4.42 Å². The van der Waals surface area contributed by atoms with Crippen LogP contribution in [0.15, 0.2) is 27.4 Å². The molecule has 0 saturated heterocycles. The summed E-state index contributed by atoms with van der Waals surface area (Å²) in [7, 11) is 0. The summed E-state index contributed by atoms with van der Waals surface area (Å²) in [5.41, 5.74) is 1.46. The second-order valence-corrected chi connectivity index (χ2v) is 3.58. The third-order valence-corrected chi connectivity index (χ3v) is 2.48. The van der Waals surface area contributed by atoms with Gasteiger partial charge in [0.05, 0.1) is 0 Å². The summed E-state index contributed by atoms with van der Waals surface area (Å²) in [4.78, 5) is 15.6. The number of rotatable bonds is 0. The summed E-state index contributed by atoms with van der Waals surface area (Å²) in [6, 6.07) is 4.68. The Labute approximate surface area is 85.7 Å². The molecule has 74 valence electrons. The third-order valence-electron chi connectivity index (χ3n) is 2.48. The molecule has 0 saturated carbocycles. The van der Waals surface area contributed by atoms with Crippen LogP contribution in [-0.2, 0) is 0 Å². The summed E-state index contributed by atoms with van der Waals surface area (Å²) in [6.07, 6.45) is 6.05. The van der Waals surface area contributed by atoms with E-state index in [-0.39, 0.29) is 5.43 Å². The third kappa shape index (κ3) is 1.36. The lowest BCUT2D eigenvalue weighted by molar-refractivity contribution is 0.510. The van der Waals surface area contributed by atoms with E-state index in [9.17, 15) is 4.79 Å². The normalized spacial score (nSPS) is 14.1. The molecule has 0 aromatic carbocycles. The van der Waals surface area contributed by atoms with Crippen molar-refractivity contribution in [3.05, 3.63) is 39.2 Å². The van der Waals surface area contributed by atoms with Crippen LogP contribution in [0.4, 0.5) is 0 Å². The monoisotopic (exact) mass is 199 g/mol. The van der Waals surface area contributed by atoms with Crippen molar-refractivity contribution in [2.45, 2.75) is 12.8 Å². The zero-order chi connectivity index (χ0) is 10.3. The first-order valence-corrected chi connectivity index (χ1v) is 4.94. The lowest BCUT2D eigenvalue weighted by Gasteiger charge is -2.04. The minimum absolute atomic E-state index is 0.0483. The maximum absolute atomic E-state index is 11.1. The van der Waals surface area contributed by atoms with Crippen LogP contribution < -0.4 is 16.2 Å². The number of nitrogens with zero attached hydrogens (tertiary/aromatic N) is 1. The molecule has 0 spiro atoms. The fourth-order valence-electron chi connectivity index (χ4n) is 1.75. The molecule has 2 aliphatic carbocycles. The van der Waals surface area contributed by atoms with Crippen LogP contribution in [0, 0.1) is 0 Å². The van der Waals surface area contributed by atoms with Crippen LogP contribution in [0.3, 0.4) is 0 Å². The van der Waals surface area contributed by atoms with Gasteiger partial charge < -0.3 is 4.42 Å². The second kappa shape index (κ2) is 3.05. The number of benzene rings is 1. The Bertz CT molecular complexity index is 654. The standard InChI is InChI=1S/C12H9NO2/c14-8-5-6-10-12(7-8)15-11-4-2-1-3-9(11)13-10/h3-7H,1-2H2. The van der Waals surface area contributed by atoms with Crippen LogP contribution in [-0.4, -0.2) is 4.98 Å². The molecule has 3 heteroatoms. The fraction of sp³-hybridized carbons (Fsp3) is 0.167. The Morgan fingerprint density at radius 2 is 2.07 bits per heavy atom. The smallest absolute Gasteiger partial charge is 0.182 e. The fourth-order valence-corrected chi connectivity index (χ4v) is 1.75. The van der Waals surface area contributed by atoms with Gasteiger partial charge in [0.25, 0.3) is 0 Å². The summed E-state index contributed by atoms with van der Waals surface area (Å²) in [5, 5.41) is 0.882. The van der Waals surface area contributed by atoms with Crippen molar-refractivity contribution in [3.63, 3.8) is 0 Å². The van der Waals surface area contributed by atoms with Gasteiger partial charge in [0, 0.05) is 6.07 Å². The number of hydrogen-bond acceptors (Lipinski definition) is 3. The molecule has 15 heavy (non-hydrogen) atoms. The lowest BCUT2D eigenvalue weighted by atomic mass is 10.2. The van der Waals surface area contributed by atoms with E-state index in [0.29, 0.717) is 5.76 Å². The van der Waals surface area contributed by atoms with Crippen molar-refractivity contribution >= 4 is 12.2 Å². The van der Waals surface area contributed by atoms with Crippen molar-refractivity contribution in [3.8, 4) is 11.5 Å². The molecule has 0 radical (unpaired) electrons. The van der Waals surface area contributed by atoms with E-state index in [2.05, 4.69) is 11.1 Å². The zero-order valence-electron chi connectivity index (χ0n) is 8.06. The van der Waals surface area contributed by atoms with E-state index in [1.54, 1.807) is 6.07 Å². The average molecular weight is 199 g/mol. The first-order chi connectivity index (χ1) is 7.33. The van der Waals surface area contributed by atoms with Crippen molar-refractivity contribution in [2.24, 2.45) is 0 Å². The van der Waals surface area contributed by atoms with Crippen LogP contribution in [0.1, 0.15) is 12.8 Å². The zero-order valence-corrected chi connectivity index (χ0v) is 8.06. The van der Waals surface area contributed by atoms with E-state index >= 15 is 0 Å². The van der Waals surface area contributed by atoms with Gasteiger partial charge in [-0.25, -0.2) is 4.98 Å². The summed E-state index contributed by atoms with van der Waals surface area (Å²) >= 11 is 0. The van der Waals surface area contributed by atoms with Crippen molar-refractivity contribution < 1.29 is 4.42 Å². The Kier molecular flexibility index (Phi) is 1.71. The maximum atomic E-state index is 11.1. The van der Waals surface area contributed by atoms with Crippen molar-refractivity contribution in [2.75, 3.05) is 0 Å². The van der Waals surface area contributed by atoms with Gasteiger partial charge in [0.2, 0.25) is 0 Å². The molecule has 0 bridgehead atoms. The lowest BCUT2D eigenvalue weighted by Crippen LogP contribution is -2.31. The topological polar surface area (TPSA) is 43.1 Å². The Morgan fingerprint density at radius 1 is 1.20 bits per heavy atom. The van der Waals surface area contributed by atoms with Gasteiger partial charge in [-0.2, -0.15) is 0 Å². The molecule has 1 aliphatic heterocycles. The molecule has 3 aliphatic rings. The average Bonchev–Trinajstić information content (AvgIpc) is 2.26. The SMILES string of the molecule is O=c1ccc2nc3c(oc-2c1)=CCCC=3. The first kappa shape index (κ1) is 8.41. The van der Waals surface area contributed by atoms with Crippen LogP contribution in [0.2, 0.25) is 0 Å². The van der Waals surface area contributed by atoms with Gasteiger partial charge in [0.15, 0.2) is 11.2 Å². The molecule has 0 N–H and O–H groups in total. The van der Waals surface area contributed by atoms with Crippen molar-refractivity contribution in [1.29, 1.82) is 0 Å². The Balaban J connectivity index is 2.48. The minimum Gasteiger partial charge on any atom is -0.453 e. The Hall–Kier alpha value is -1.90. The first-order valence-electron chi connectivity index (χ1n) is 4.94. The molecule has 3 nitrogen and oxygen atoms in total. The molecular weight excluding hydrogens is 190 g/mol. The van der Waals surface area contributed by atoms with E-state index < -0.39 is 0 Å². The van der Waals surface area contributed by atoms with E-state index in [1.165, 1.54) is 12.1 Å². The van der Waals surface area contributed by atoms with Gasteiger partial charge >= 0.3 is 0 Å².